The van der Waals surface area contributed by atoms with E-state index in [1.807, 2.05) is 34.1 Å². The third kappa shape index (κ3) is 2.38. The molecule has 22 heavy (non-hydrogen) atoms. The van der Waals surface area contributed by atoms with Gasteiger partial charge in [-0.25, -0.2) is 4.79 Å². The van der Waals surface area contributed by atoms with Crippen LogP contribution in [0.1, 0.15) is 12.8 Å². The number of para-hydroxylation sites is 2. The quantitative estimate of drug-likeness (QED) is 0.810. The highest BCUT2D eigenvalue weighted by molar-refractivity contribution is 5.76. The normalized spacial score (nSPS) is 19.2. The summed E-state index contributed by atoms with van der Waals surface area (Å²) in [6, 6.07) is 8.64. The van der Waals surface area contributed by atoms with Crippen molar-refractivity contribution in [2.24, 2.45) is 0 Å². The Morgan fingerprint density at radius 2 is 1.64 bits per heavy atom. The van der Waals surface area contributed by atoms with Crippen molar-refractivity contribution in [2.75, 3.05) is 44.2 Å². The van der Waals surface area contributed by atoms with Crippen molar-refractivity contribution in [1.82, 2.24) is 14.8 Å². The maximum atomic E-state index is 12.4. The van der Waals surface area contributed by atoms with Gasteiger partial charge in [0.15, 0.2) is 5.58 Å². The third-order valence-corrected chi connectivity index (χ3v) is 4.48. The fraction of sp³-hybridized carbons (Fsp3) is 0.500. The van der Waals surface area contributed by atoms with Crippen LogP contribution in [0.2, 0.25) is 0 Å². The standard InChI is InChI=1S/C16H20N4O2/c21-16(19-7-3-4-8-19)20-11-9-18(10-12-20)15-17-13-5-1-2-6-14(13)22-15/h1-2,5-6H,3-4,7-12H2. The number of rotatable bonds is 1. The minimum Gasteiger partial charge on any atom is -0.423 e. The van der Waals surface area contributed by atoms with Crippen molar-refractivity contribution in [3.63, 3.8) is 0 Å². The number of carbonyl (C=O) groups excluding carboxylic acids is 1. The van der Waals surface area contributed by atoms with E-state index in [-0.39, 0.29) is 6.03 Å². The fourth-order valence-electron chi connectivity index (χ4n) is 3.19. The van der Waals surface area contributed by atoms with Crippen molar-refractivity contribution in [3.8, 4) is 0 Å². The Balaban J connectivity index is 1.41. The first-order chi connectivity index (χ1) is 10.8. The number of hydrogen-bond acceptors (Lipinski definition) is 4. The molecule has 6 heteroatoms. The van der Waals surface area contributed by atoms with Gasteiger partial charge in [0.05, 0.1) is 0 Å². The summed E-state index contributed by atoms with van der Waals surface area (Å²) < 4.78 is 5.80. The van der Waals surface area contributed by atoms with Crippen LogP contribution in [-0.2, 0) is 0 Å². The highest BCUT2D eigenvalue weighted by Gasteiger charge is 2.28. The van der Waals surface area contributed by atoms with Gasteiger partial charge < -0.3 is 19.1 Å². The average Bonchev–Trinajstić information content (AvgIpc) is 3.23. The summed E-state index contributed by atoms with van der Waals surface area (Å²) in [4.78, 5) is 22.9. The van der Waals surface area contributed by atoms with Crippen LogP contribution < -0.4 is 4.90 Å². The van der Waals surface area contributed by atoms with Crippen molar-refractivity contribution in [1.29, 1.82) is 0 Å². The molecule has 1 aromatic heterocycles. The second-order valence-electron chi connectivity index (χ2n) is 5.91. The van der Waals surface area contributed by atoms with E-state index in [1.54, 1.807) is 0 Å². The smallest absolute Gasteiger partial charge is 0.320 e. The van der Waals surface area contributed by atoms with Gasteiger partial charge in [-0.2, -0.15) is 4.98 Å². The predicted octanol–water partition coefficient (Wildman–Crippen LogP) is 2.17. The number of oxazole rings is 1. The highest BCUT2D eigenvalue weighted by Crippen LogP contribution is 2.23. The predicted molar refractivity (Wildman–Crippen MR) is 84.0 cm³/mol. The van der Waals surface area contributed by atoms with Gasteiger partial charge in [0.2, 0.25) is 0 Å². The first-order valence-corrected chi connectivity index (χ1v) is 7.96. The minimum absolute atomic E-state index is 0.190. The fourth-order valence-corrected chi connectivity index (χ4v) is 3.19. The Labute approximate surface area is 129 Å². The summed E-state index contributed by atoms with van der Waals surface area (Å²) in [5.74, 6) is 0. The molecule has 0 bridgehead atoms. The minimum atomic E-state index is 0.190. The topological polar surface area (TPSA) is 52.8 Å². The lowest BCUT2D eigenvalue weighted by Gasteiger charge is -2.35. The molecule has 4 rings (SSSR count). The molecular formula is C16H20N4O2. The van der Waals surface area contributed by atoms with Crippen LogP contribution in [-0.4, -0.2) is 60.1 Å². The second kappa shape index (κ2) is 5.51. The van der Waals surface area contributed by atoms with Gasteiger partial charge in [0.1, 0.15) is 5.52 Å². The number of amides is 2. The summed E-state index contributed by atoms with van der Waals surface area (Å²) in [7, 11) is 0. The molecule has 3 heterocycles. The summed E-state index contributed by atoms with van der Waals surface area (Å²) in [5.41, 5.74) is 1.70. The van der Waals surface area contributed by atoms with E-state index in [2.05, 4.69) is 9.88 Å². The average molecular weight is 300 g/mol. The monoisotopic (exact) mass is 300 g/mol. The van der Waals surface area contributed by atoms with Crippen LogP contribution >= 0.6 is 0 Å². The Kier molecular flexibility index (Phi) is 3.36. The largest absolute Gasteiger partial charge is 0.423 e. The van der Waals surface area contributed by atoms with Gasteiger partial charge in [0, 0.05) is 39.3 Å². The molecule has 0 radical (unpaired) electrons. The van der Waals surface area contributed by atoms with Gasteiger partial charge in [0.25, 0.3) is 6.01 Å². The van der Waals surface area contributed by atoms with Crippen molar-refractivity contribution in [3.05, 3.63) is 24.3 Å². The van der Waals surface area contributed by atoms with Crippen molar-refractivity contribution < 1.29 is 9.21 Å². The Bertz CT molecular complexity index is 637. The van der Waals surface area contributed by atoms with Crippen LogP contribution in [0.4, 0.5) is 10.8 Å². The zero-order valence-corrected chi connectivity index (χ0v) is 12.6. The molecule has 1 aromatic carbocycles. The van der Waals surface area contributed by atoms with Crippen LogP contribution in [0.15, 0.2) is 28.7 Å². The van der Waals surface area contributed by atoms with E-state index in [4.69, 9.17) is 4.42 Å². The van der Waals surface area contributed by atoms with Crippen LogP contribution in [0.5, 0.6) is 0 Å². The van der Waals surface area contributed by atoms with Gasteiger partial charge in [-0.05, 0) is 25.0 Å². The van der Waals surface area contributed by atoms with Gasteiger partial charge in [-0.15, -0.1) is 0 Å². The first kappa shape index (κ1) is 13.4. The summed E-state index contributed by atoms with van der Waals surface area (Å²) in [6.45, 7) is 4.81. The molecule has 0 N–H and O–H groups in total. The van der Waals surface area contributed by atoms with E-state index >= 15 is 0 Å². The molecule has 0 saturated carbocycles. The molecular weight excluding hydrogens is 280 g/mol. The summed E-state index contributed by atoms with van der Waals surface area (Å²) in [5, 5.41) is 0. The molecule has 116 valence electrons. The van der Waals surface area contributed by atoms with E-state index < -0.39 is 0 Å². The van der Waals surface area contributed by atoms with Crippen LogP contribution in [0.3, 0.4) is 0 Å². The number of benzene rings is 1. The van der Waals surface area contributed by atoms with E-state index in [9.17, 15) is 4.79 Å². The zero-order chi connectivity index (χ0) is 14.9. The maximum Gasteiger partial charge on any atom is 0.320 e. The molecule has 2 saturated heterocycles. The molecule has 2 aliphatic rings. The number of fused-ring (bicyclic) bond motifs is 1. The second-order valence-corrected chi connectivity index (χ2v) is 5.91. The number of carbonyl (C=O) groups is 1. The van der Waals surface area contributed by atoms with Crippen LogP contribution in [0.25, 0.3) is 11.1 Å². The number of hydrogen-bond donors (Lipinski definition) is 0. The number of anilines is 1. The van der Waals surface area contributed by atoms with Gasteiger partial charge >= 0.3 is 6.03 Å². The molecule has 6 nitrogen and oxygen atoms in total. The van der Waals surface area contributed by atoms with E-state index in [1.165, 1.54) is 0 Å². The number of nitrogens with zero attached hydrogens (tertiary/aromatic N) is 4. The van der Waals surface area contributed by atoms with Crippen molar-refractivity contribution in [2.45, 2.75) is 12.8 Å². The Morgan fingerprint density at radius 3 is 2.36 bits per heavy atom. The Hall–Kier alpha value is -2.24. The SMILES string of the molecule is O=C(N1CCCC1)N1CCN(c2nc3ccccc3o2)CC1. The Morgan fingerprint density at radius 1 is 0.955 bits per heavy atom. The molecule has 0 spiro atoms. The molecule has 2 aromatic rings. The molecule has 0 unspecified atom stereocenters. The molecule has 2 aliphatic heterocycles. The highest BCUT2D eigenvalue weighted by atomic mass is 16.4. The first-order valence-electron chi connectivity index (χ1n) is 7.96. The van der Waals surface area contributed by atoms with Gasteiger partial charge in [-0.1, -0.05) is 12.1 Å². The number of aromatic nitrogens is 1. The van der Waals surface area contributed by atoms with E-state index in [0.29, 0.717) is 6.01 Å². The number of likely N-dealkylation sites (tertiary alicyclic amines) is 1. The van der Waals surface area contributed by atoms with Gasteiger partial charge in [-0.3, -0.25) is 0 Å². The lowest BCUT2D eigenvalue weighted by Crippen LogP contribution is -2.52. The zero-order valence-electron chi connectivity index (χ0n) is 12.6. The molecule has 2 fully saturated rings. The summed E-state index contributed by atoms with van der Waals surface area (Å²) >= 11 is 0. The van der Waals surface area contributed by atoms with Crippen molar-refractivity contribution >= 4 is 23.1 Å². The maximum absolute atomic E-state index is 12.4. The lowest BCUT2D eigenvalue weighted by atomic mass is 10.3. The molecule has 0 aliphatic carbocycles. The number of piperazine rings is 1. The number of urea groups is 1. The molecule has 0 atom stereocenters. The van der Waals surface area contributed by atoms with Crippen LogP contribution in [0, 0.1) is 0 Å². The van der Waals surface area contributed by atoms with E-state index in [0.717, 1.165) is 63.2 Å². The summed E-state index contributed by atoms with van der Waals surface area (Å²) in [6.07, 6.45) is 2.27. The molecule has 2 amide bonds. The lowest BCUT2D eigenvalue weighted by molar-refractivity contribution is 0.159. The third-order valence-electron chi connectivity index (χ3n) is 4.48.